The number of morpholine rings is 1. The molecule has 1 aromatic carbocycles. The number of nitrogens with zero attached hydrogens (tertiary/aromatic N) is 1. The zero-order valence-electron chi connectivity index (χ0n) is 13.3. The van der Waals surface area contributed by atoms with Gasteiger partial charge in [-0.15, -0.1) is 0 Å². The quantitative estimate of drug-likeness (QED) is 0.793. The molecule has 1 atom stereocenters. The van der Waals surface area contributed by atoms with Crippen LogP contribution in [-0.4, -0.2) is 61.6 Å². The van der Waals surface area contributed by atoms with Crippen molar-refractivity contribution in [1.82, 2.24) is 10.2 Å². The van der Waals surface area contributed by atoms with Crippen molar-refractivity contribution in [2.24, 2.45) is 0 Å². The molecule has 0 spiro atoms. The van der Waals surface area contributed by atoms with Crippen LogP contribution in [0.4, 0.5) is 0 Å². The third-order valence-corrected chi connectivity index (χ3v) is 3.85. The second-order valence-corrected chi connectivity index (χ2v) is 5.68. The van der Waals surface area contributed by atoms with Gasteiger partial charge in [-0.25, -0.2) is 4.79 Å². The summed E-state index contributed by atoms with van der Waals surface area (Å²) in [5.74, 6) is -1.45. The zero-order valence-corrected chi connectivity index (χ0v) is 14.0. The first-order chi connectivity index (χ1) is 11.5. The van der Waals surface area contributed by atoms with Crippen LogP contribution in [0.5, 0.6) is 0 Å². The van der Waals surface area contributed by atoms with Gasteiger partial charge < -0.3 is 19.7 Å². The molecule has 0 saturated carbocycles. The Labute approximate surface area is 144 Å². The van der Waals surface area contributed by atoms with Crippen molar-refractivity contribution in [2.45, 2.75) is 13.0 Å². The number of benzene rings is 1. The van der Waals surface area contributed by atoms with E-state index in [9.17, 15) is 14.4 Å². The van der Waals surface area contributed by atoms with E-state index in [2.05, 4.69) is 5.32 Å². The minimum atomic E-state index is -0.897. The molecule has 0 bridgehead atoms. The van der Waals surface area contributed by atoms with Crippen molar-refractivity contribution in [3.8, 4) is 0 Å². The van der Waals surface area contributed by atoms with Crippen molar-refractivity contribution in [1.29, 1.82) is 0 Å². The van der Waals surface area contributed by atoms with Gasteiger partial charge in [-0.1, -0.05) is 23.7 Å². The molecular weight excluding hydrogens is 336 g/mol. The molecule has 1 aliphatic rings. The first-order valence-electron chi connectivity index (χ1n) is 7.56. The molecule has 0 radical (unpaired) electrons. The van der Waals surface area contributed by atoms with Gasteiger partial charge in [-0.3, -0.25) is 9.59 Å². The van der Waals surface area contributed by atoms with Gasteiger partial charge >= 0.3 is 5.97 Å². The van der Waals surface area contributed by atoms with Gasteiger partial charge in [0.1, 0.15) is 6.04 Å². The normalized spacial score (nSPS) is 15.5. The lowest BCUT2D eigenvalue weighted by atomic mass is 10.2. The van der Waals surface area contributed by atoms with E-state index in [1.165, 1.54) is 6.92 Å². The highest BCUT2D eigenvalue weighted by atomic mass is 35.5. The highest BCUT2D eigenvalue weighted by molar-refractivity contribution is 6.33. The van der Waals surface area contributed by atoms with Crippen molar-refractivity contribution in [2.75, 3.05) is 32.9 Å². The van der Waals surface area contributed by atoms with Gasteiger partial charge in [0.25, 0.3) is 11.8 Å². The lowest BCUT2D eigenvalue weighted by molar-refractivity contribution is -0.154. The summed E-state index contributed by atoms with van der Waals surface area (Å²) < 4.78 is 10.1. The molecule has 1 heterocycles. The monoisotopic (exact) mass is 354 g/mol. The Bertz CT molecular complexity index is 616. The van der Waals surface area contributed by atoms with Crippen molar-refractivity contribution < 1.29 is 23.9 Å². The van der Waals surface area contributed by atoms with E-state index in [1.807, 2.05) is 0 Å². The Morgan fingerprint density at radius 1 is 1.29 bits per heavy atom. The minimum absolute atomic E-state index is 0.267. The molecular formula is C16H19ClN2O5. The fraction of sp³-hybridized carbons (Fsp3) is 0.438. The van der Waals surface area contributed by atoms with Crippen LogP contribution in [0, 0.1) is 0 Å². The van der Waals surface area contributed by atoms with Gasteiger partial charge in [0.2, 0.25) is 0 Å². The summed E-state index contributed by atoms with van der Waals surface area (Å²) in [7, 11) is 0. The Balaban J connectivity index is 1.80. The maximum absolute atomic E-state index is 12.1. The summed E-state index contributed by atoms with van der Waals surface area (Å²) in [6, 6.07) is 5.61. The number of hydrogen-bond acceptors (Lipinski definition) is 5. The molecule has 8 heteroatoms. The Morgan fingerprint density at radius 2 is 1.96 bits per heavy atom. The summed E-state index contributed by atoms with van der Waals surface area (Å²) in [5, 5.41) is 2.79. The summed E-state index contributed by atoms with van der Waals surface area (Å²) in [4.78, 5) is 37.5. The number of halogens is 1. The topological polar surface area (TPSA) is 84.9 Å². The number of esters is 1. The van der Waals surface area contributed by atoms with Crippen LogP contribution in [0.25, 0.3) is 0 Å². The smallest absolute Gasteiger partial charge is 0.328 e. The van der Waals surface area contributed by atoms with Crippen molar-refractivity contribution >= 4 is 29.4 Å². The van der Waals surface area contributed by atoms with Crippen LogP contribution in [0.2, 0.25) is 5.02 Å². The molecule has 1 saturated heterocycles. The fourth-order valence-electron chi connectivity index (χ4n) is 2.14. The van der Waals surface area contributed by atoms with Gasteiger partial charge in [0, 0.05) is 13.1 Å². The number of nitrogens with one attached hydrogen (secondary N) is 1. The highest BCUT2D eigenvalue weighted by Crippen LogP contribution is 2.14. The van der Waals surface area contributed by atoms with Crippen LogP contribution in [0.1, 0.15) is 17.3 Å². The van der Waals surface area contributed by atoms with E-state index in [1.54, 1.807) is 29.2 Å². The predicted octanol–water partition coefficient (Wildman–Crippen LogP) is 0.860. The van der Waals surface area contributed by atoms with Crippen molar-refractivity contribution in [3.05, 3.63) is 34.9 Å². The molecule has 2 rings (SSSR count). The molecule has 130 valence electrons. The lowest BCUT2D eigenvalue weighted by Gasteiger charge is -2.26. The molecule has 1 aromatic rings. The first-order valence-corrected chi connectivity index (χ1v) is 7.94. The van der Waals surface area contributed by atoms with Crippen molar-refractivity contribution in [3.63, 3.8) is 0 Å². The summed E-state index contributed by atoms with van der Waals surface area (Å²) in [5.41, 5.74) is 0.267. The van der Waals surface area contributed by atoms with Gasteiger partial charge in [-0.05, 0) is 19.1 Å². The Kier molecular flexibility index (Phi) is 6.57. The third-order valence-electron chi connectivity index (χ3n) is 3.52. The van der Waals surface area contributed by atoms with Gasteiger partial charge in [0.05, 0.1) is 23.8 Å². The van der Waals surface area contributed by atoms with Gasteiger partial charge in [0.15, 0.2) is 6.61 Å². The molecule has 24 heavy (non-hydrogen) atoms. The summed E-state index contributed by atoms with van der Waals surface area (Å²) in [6.07, 6.45) is 0. The number of carbonyl (C=O) groups is 3. The number of rotatable bonds is 5. The SMILES string of the molecule is C[C@H](NC(=O)c1ccccc1Cl)C(=O)OCC(=O)N1CCOCC1. The zero-order chi connectivity index (χ0) is 17.5. The molecule has 0 aromatic heterocycles. The fourth-order valence-corrected chi connectivity index (χ4v) is 2.36. The van der Waals surface area contributed by atoms with Gasteiger partial charge in [-0.2, -0.15) is 0 Å². The van der Waals surface area contributed by atoms with Crippen LogP contribution < -0.4 is 5.32 Å². The van der Waals surface area contributed by atoms with E-state index in [0.29, 0.717) is 26.3 Å². The number of ether oxygens (including phenoxy) is 2. The summed E-state index contributed by atoms with van der Waals surface area (Å²) in [6.45, 7) is 3.04. The average molecular weight is 355 g/mol. The largest absolute Gasteiger partial charge is 0.454 e. The standard InChI is InChI=1S/C16H19ClN2O5/c1-11(18-15(21)12-4-2-3-5-13(12)17)16(22)24-10-14(20)19-6-8-23-9-7-19/h2-5,11H,6-10H2,1H3,(H,18,21)/t11-/m0/s1. The van der Waals surface area contributed by atoms with E-state index in [0.717, 1.165) is 0 Å². The second-order valence-electron chi connectivity index (χ2n) is 5.28. The number of hydrogen-bond donors (Lipinski definition) is 1. The maximum Gasteiger partial charge on any atom is 0.328 e. The van der Waals surface area contributed by atoms with E-state index < -0.39 is 17.9 Å². The Hall–Kier alpha value is -2.12. The third kappa shape index (κ3) is 4.94. The average Bonchev–Trinajstić information content (AvgIpc) is 2.60. The molecule has 2 amide bonds. The van der Waals surface area contributed by atoms with E-state index in [-0.39, 0.29) is 23.1 Å². The highest BCUT2D eigenvalue weighted by Gasteiger charge is 2.22. The Morgan fingerprint density at radius 3 is 2.62 bits per heavy atom. The van der Waals surface area contributed by atoms with Crippen LogP contribution in [0.3, 0.4) is 0 Å². The molecule has 7 nitrogen and oxygen atoms in total. The molecule has 0 aliphatic carbocycles. The molecule has 1 aliphatic heterocycles. The van der Waals surface area contributed by atoms with E-state index in [4.69, 9.17) is 21.1 Å². The maximum atomic E-state index is 12.1. The van der Waals surface area contributed by atoms with Crippen LogP contribution in [-0.2, 0) is 19.1 Å². The lowest BCUT2D eigenvalue weighted by Crippen LogP contribution is -2.44. The molecule has 1 N–H and O–H groups in total. The first kappa shape index (κ1) is 18.2. The van der Waals surface area contributed by atoms with Crippen LogP contribution in [0.15, 0.2) is 24.3 Å². The number of amides is 2. The van der Waals surface area contributed by atoms with Crippen LogP contribution >= 0.6 is 11.6 Å². The minimum Gasteiger partial charge on any atom is -0.454 e. The molecule has 0 unspecified atom stereocenters. The summed E-state index contributed by atoms with van der Waals surface area (Å²) >= 11 is 5.93. The second kappa shape index (κ2) is 8.65. The van der Waals surface area contributed by atoms with E-state index >= 15 is 0 Å². The molecule has 1 fully saturated rings. The predicted molar refractivity (Wildman–Crippen MR) is 86.7 cm³/mol. The number of carbonyl (C=O) groups excluding carboxylic acids is 3.